The second kappa shape index (κ2) is 7.47. The molecule has 0 aliphatic heterocycles. The van der Waals surface area contributed by atoms with E-state index in [1.165, 1.54) is 24.8 Å². The smallest absolute Gasteiger partial charge is 0.256 e. The summed E-state index contributed by atoms with van der Waals surface area (Å²) in [4.78, 5) is 15.5. The first-order chi connectivity index (χ1) is 13.1. The Balaban J connectivity index is 1.84. The number of nitrogens with zero attached hydrogens (tertiary/aromatic N) is 3. The molecule has 4 nitrogen and oxygen atoms in total. The van der Waals surface area contributed by atoms with Crippen LogP contribution in [0.1, 0.15) is 48.0 Å². The van der Waals surface area contributed by atoms with Gasteiger partial charge in [0.1, 0.15) is 5.69 Å². The fraction of sp³-hybridized carbons (Fsp3) is 0.348. The van der Waals surface area contributed by atoms with Crippen molar-refractivity contribution in [2.45, 2.75) is 45.1 Å². The van der Waals surface area contributed by atoms with Gasteiger partial charge in [0.05, 0.1) is 11.1 Å². The van der Waals surface area contributed by atoms with Crippen molar-refractivity contribution in [3.63, 3.8) is 0 Å². The number of hydrogen-bond donors (Lipinski definition) is 0. The standard InChI is InChI=1S/C23H25N3O/c1-16-12-14-17(15-13-16)22-21(19-10-6-7-11-20(19)24-25-22)23(27)26(2)18-8-4-3-5-9-18/h6-7,10-15,18H,3-5,8-9H2,1-2H3. The number of carbonyl (C=O) groups is 1. The maximum absolute atomic E-state index is 13.6. The van der Waals surface area contributed by atoms with Crippen molar-refractivity contribution in [3.05, 3.63) is 59.7 Å². The summed E-state index contributed by atoms with van der Waals surface area (Å²) in [5.41, 5.74) is 4.20. The predicted octanol–water partition coefficient (Wildman–Crippen LogP) is 5.01. The third kappa shape index (κ3) is 3.44. The van der Waals surface area contributed by atoms with E-state index in [1.807, 2.05) is 60.5 Å². The lowest BCUT2D eigenvalue weighted by Gasteiger charge is -2.31. The van der Waals surface area contributed by atoms with Gasteiger partial charge in [-0.15, -0.1) is 10.2 Å². The van der Waals surface area contributed by atoms with Gasteiger partial charge in [-0.3, -0.25) is 4.79 Å². The van der Waals surface area contributed by atoms with Crippen molar-refractivity contribution in [1.29, 1.82) is 0 Å². The normalized spacial score (nSPS) is 15.0. The predicted molar refractivity (Wildman–Crippen MR) is 109 cm³/mol. The van der Waals surface area contributed by atoms with Crippen LogP contribution in [0.4, 0.5) is 0 Å². The van der Waals surface area contributed by atoms with Crippen LogP contribution in [0.15, 0.2) is 48.5 Å². The van der Waals surface area contributed by atoms with Crippen LogP contribution in [0.2, 0.25) is 0 Å². The lowest BCUT2D eigenvalue weighted by Crippen LogP contribution is -2.38. The zero-order valence-corrected chi connectivity index (χ0v) is 16.0. The average molecular weight is 359 g/mol. The molecule has 4 rings (SSSR count). The lowest BCUT2D eigenvalue weighted by atomic mass is 9.93. The Bertz CT molecular complexity index is 959. The number of rotatable bonds is 3. The topological polar surface area (TPSA) is 46.1 Å². The Labute approximate surface area is 160 Å². The molecule has 0 saturated heterocycles. The zero-order valence-electron chi connectivity index (χ0n) is 16.0. The second-order valence-corrected chi connectivity index (χ2v) is 7.51. The minimum atomic E-state index is 0.0450. The van der Waals surface area contributed by atoms with E-state index >= 15 is 0 Å². The summed E-state index contributed by atoms with van der Waals surface area (Å²) < 4.78 is 0. The van der Waals surface area contributed by atoms with Gasteiger partial charge in [-0.2, -0.15) is 0 Å². The highest BCUT2D eigenvalue weighted by molar-refractivity contribution is 6.10. The van der Waals surface area contributed by atoms with Gasteiger partial charge in [0.2, 0.25) is 0 Å². The molecule has 1 aliphatic rings. The van der Waals surface area contributed by atoms with Crippen LogP contribution in [-0.4, -0.2) is 34.1 Å². The fourth-order valence-electron chi connectivity index (χ4n) is 3.99. The zero-order chi connectivity index (χ0) is 18.8. The van der Waals surface area contributed by atoms with Crippen molar-refractivity contribution in [1.82, 2.24) is 15.1 Å². The van der Waals surface area contributed by atoms with Gasteiger partial charge in [-0.25, -0.2) is 0 Å². The van der Waals surface area contributed by atoms with Crippen molar-refractivity contribution >= 4 is 16.8 Å². The van der Waals surface area contributed by atoms with Gasteiger partial charge >= 0.3 is 0 Å². The van der Waals surface area contributed by atoms with Crippen LogP contribution in [-0.2, 0) is 0 Å². The molecule has 1 saturated carbocycles. The molecule has 0 unspecified atom stereocenters. The Morgan fingerprint density at radius 3 is 2.41 bits per heavy atom. The van der Waals surface area contributed by atoms with Crippen LogP contribution >= 0.6 is 0 Å². The van der Waals surface area contributed by atoms with Gasteiger partial charge in [-0.05, 0) is 25.8 Å². The van der Waals surface area contributed by atoms with Crippen LogP contribution in [0.3, 0.4) is 0 Å². The molecule has 1 fully saturated rings. The summed E-state index contributed by atoms with van der Waals surface area (Å²) in [5.74, 6) is 0.0450. The molecule has 1 aliphatic carbocycles. The van der Waals surface area contributed by atoms with E-state index < -0.39 is 0 Å². The lowest BCUT2D eigenvalue weighted by molar-refractivity contribution is 0.0698. The van der Waals surface area contributed by atoms with Crippen molar-refractivity contribution in [3.8, 4) is 11.3 Å². The van der Waals surface area contributed by atoms with E-state index in [9.17, 15) is 4.79 Å². The van der Waals surface area contributed by atoms with Gasteiger partial charge in [0, 0.05) is 24.0 Å². The molecule has 0 radical (unpaired) electrons. The molecular formula is C23H25N3O. The first-order valence-electron chi connectivity index (χ1n) is 9.75. The number of hydrogen-bond acceptors (Lipinski definition) is 3. The third-order valence-corrected chi connectivity index (χ3v) is 5.65. The summed E-state index contributed by atoms with van der Waals surface area (Å²) in [5, 5.41) is 9.70. The highest BCUT2D eigenvalue weighted by Gasteiger charge is 2.27. The quantitative estimate of drug-likeness (QED) is 0.660. The highest BCUT2D eigenvalue weighted by atomic mass is 16.2. The molecular weight excluding hydrogens is 334 g/mol. The monoisotopic (exact) mass is 359 g/mol. The Kier molecular flexibility index (Phi) is 4.88. The third-order valence-electron chi connectivity index (χ3n) is 5.65. The Hall–Kier alpha value is -2.75. The molecule has 4 heteroatoms. The molecule has 0 bridgehead atoms. The Morgan fingerprint density at radius 2 is 1.67 bits per heavy atom. The summed E-state index contributed by atoms with van der Waals surface area (Å²) in [7, 11) is 1.94. The highest BCUT2D eigenvalue weighted by Crippen LogP contribution is 2.30. The first kappa shape index (κ1) is 17.7. The molecule has 0 N–H and O–H groups in total. The molecule has 2 aromatic carbocycles. The van der Waals surface area contributed by atoms with Crippen LogP contribution in [0.5, 0.6) is 0 Å². The van der Waals surface area contributed by atoms with E-state index in [4.69, 9.17) is 0 Å². The number of carbonyl (C=O) groups excluding carboxylic acids is 1. The van der Waals surface area contributed by atoms with E-state index in [0.717, 1.165) is 29.3 Å². The van der Waals surface area contributed by atoms with E-state index in [1.54, 1.807) is 0 Å². The molecule has 1 amide bonds. The average Bonchev–Trinajstić information content (AvgIpc) is 2.73. The summed E-state index contributed by atoms with van der Waals surface area (Å²) in [6.45, 7) is 2.05. The maximum atomic E-state index is 13.6. The van der Waals surface area contributed by atoms with E-state index in [-0.39, 0.29) is 5.91 Å². The van der Waals surface area contributed by atoms with Crippen LogP contribution in [0, 0.1) is 6.92 Å². The van der Waals surface area contributed by atoms with Crippen LogP contribution < -0.4 is 0 Å². The number of amides is 1. The number of aromatic nitrogens is 2. The fourth-order valence-corrected chi connectivity index (χ4v) is 3.99. The van der Waals surface area contributed by atoms with E-state index in [2.05, 4.69) is 17.1 Å². The van der Waals surface area contributed by atoms with Crippen LogP contribution in [0.25, 0.3) is 22.2 Å². The maximum Gasteiger partial charge on any atom is 0.256 e. The molecule has 27 heavy (non-hydrogen) atoms. The van der Waals surface area contributed by atoms with Gasteiger partial charge in [0.25, 0.3) is 5.91 Å². The molecule has 1 heterocycles. The summed E-state index contributed by atoms with van der Waals surface area (Å²) in [6, 6.07) is 16.2. The molecule has 0 spiro atoms. The van der Waals surface area contributed by atoms with Crippen molar-refractivity contribution in [2.75, 3.05) is 7.05 Å². The molecule has 3 aromatic rings. The molecule has 138 valence electrons. The first-order valence-corrected chi connectivity index (χ1v) is 9.75. The Morgan fingerprint density at radius 1 is 0.963 bits per heavy atom. The van der Waals surface area contributed by atoms with Crippen molar-refractivity contribution < 1.29 is 4.79 Å². The minimum absolute atomic E-state index is 0.0450. The summed E-state index contributed by atoms with van der Waals surface area (Å²) in [6.07, 6.45) is 5.83. The number of benzene rings is 2. The second-order valence-electron chi connectivity index (χ2n) is 7.51. The van der Waals surface area contributed by atoms with Crippen molar-refractivity contribution in [2.24, 2.45) is 0 Å². The number of fused-ring (bicyclic) bond motifs is 1. The minimum Gasteiger partial charge on any atom is -0.339 e. The summed E-state index contributed by atoms with van der Waals surface area (Å²) >= 11 is 0. The SMILES string of the molecule is Cc1ccc(-c2nnc3ccccc3c2C(=O)N(C)C2CCCCC2)cc1. The largest absolute Gasteiger partial charge is 0.339 e. The molecule has 1 aromatic heterocycles. The van der Waals surface area contributed by atoms with Gasteiger partial charge in [-0.1, -0.05) is 67.3 Å². The van der Waals surface area contributed by atoms with Gasteiger partial charge in [0.15, 0.2) is 0 Å². The number of aryl methyl sites for hydroxylation is 1. The van der Waals surface area contributed by atoms with E-state index in [0.29, 0.717) is 17.3 Å². The van der Waals surface area contributed by atoms with Gasteiger partial charge < -0.3 is 4.90 Å². The molecule has 0 atom stereocenters.